The number of halogens is 2. The second-order valence-electron chi connectivity index (χ2n) is 5.72. The van der Waals surface area contributed by atoms with E-state index in [2.05, 4.69) is 23.5 Å². The number of rotatable bonds is 3. The Morgan fingerprint density at radius 3 is 2.59 bits per heavy atom. The highest BCUT2D eigenvalue weighted by molar-refractivity contribution is 6.42. The summed E-state index contributed by atoms with van der Waals surface area (Å²) < 4.78 is 5.37. The molecule has 0 aliphatic heterocycles. The molecule has 0 spiro atoms. The number of ether oxygens (including phenoxy) is 1. The van der Waals surface area contributed by atoms with Gasteiger partial charge in [0.05, 0.1) is 17.2 Å². The van der Waals surface area contributed by atoms with Crippen LogP contribution in [0.1, 0.15) is 29.0 Å². The van der Waals surface area contributed by atoms with Gasteiger partial charge < -0.3 is 10.1 Å². The highest BCUT2D eigenvalue weighted by atomic mass is 35.5. The Hall–Kier alpha value is -1.22. The quantitative estimate of drug-likeness (QED) is 0.880. The van der Waals surface area contributed by atoms with E-state index in [-0.39, 0.29) is 0 Å². The molecule has 1 N–H and O–H groups in total. The van der Waals surface area contributed by atoms with Gasteiger partial charge in [0.15, 0.2) is 0 Å². The molecule has 3 rings (SSSR count). The van der Waals surface area contributed by atoms with E-state index in [4.69, 9.17) is 27.9 Å². The van der Waals surface area contributed by atoms with Gasteiger partial charge in [0.2, 0.25) is 0 Å². The third kappa shape index (κ3) is 2.96. The zero-order chi connectivity index (χ0) is 15.7. The van der Waals surface area contributed by atoms with E-state index in [9.17, 15) is 0 Å². The van der Waals surface area contributed by atoms with Crippen LogP contribution in [0, 0.1) is 0 Å². The van der Waals surface area contributed by atoms with E-state index >= 15 is 0 Å². The lowest BCUT2D eigenvalue weighted by atomic mass is 9.76. The third-order valence-corrected chi connectivity index (χ3v) is 5.21. The topological polar surface area (TPSA) is 21.3 Å². The summed E-state index contributed by atoms with van der Waals surface area (Å²) in [6.07, 6.45) is 2.06. The van der Waals surface area contributed by atoms with Crippen molar-refractivity contribution in [3.63, 3.8) is 0 Å². The van der Waals surface area contributed by atoms with Crippen molar-refractivity contribution in [2.75, 3.05) is 14.2 Å². The van der Waals surface area contributed by atoms with Gasteiger partial charge in [-0.25, -0.2) is 0 Å². The number of likely N-dealkylation sites (N-methyl/N-ethyl adjacent to an activating group) is 1. The smallest absolute Gasteiger partial charge is 0.119 e. The Morgan fingerprint density at radius 2 is 1.91 bits per heavy atom. The molecule has 1 aliphatic carbocycles. The van der Waals surface area contributed by atoms with Crippen molar-refractivity contribution >= 4 is 23.2 Å². The molecule has 0 aromatic heterocycles. The van der Waals surface area contributed by atoms with Crippen molar-refractivity contribution in [3.05, 3.63) is 63.1 Å². The van der Waals surface area contributed by atoms with Crippen LogP contribution in [0.15, 0.2) is 36.4 Å². The average Bonchev–Trinajstić information content (AvgIpc) is 2.55. The zero-order valence-electron chi connectivity index (χ0n) is 12.7. The Morgan fingerprint density at radius 1 is 1.09 bits per heavy atom. The molecule has 0 bridgehead atoms. The first-order chi connectivity index (χ1) is 10.6. The van der Waals surface area contributed by atoms with E-state index < -0.39 is 0 Å². The van der Waals surface area contributed by atoms with Crippen molar-refractivity contribution in [3.8, 4) is 5.75 Å². The van der Waals surface area contributed by atoms with E-state index in [1.165, 1.54) is 16.7 Å². The number of fused-ring (bicyclic) bond motifs is 1. The molecule has 2 aromatic rings. The molecule has 4 heteroatoms. The van der Waals surface area contributed by atoms with Crippen LogP contribution in [0.3, 0.4) is 0 Å². The molecule has 0 heterocycles. The molecular formula is C18H19Cl2NO. The summed E-state index contributed by atoms with van der Waals surface area (Å²) >= 11 is 12.3. The van der Waals surface area contributed by atoms with Crippen LogP contribution < -0.4 is 10.1 Å². The lowest BCUT2D eigenvalue weighted by molar-refractivity contribution is 0.410. The largest absolute Gasteiger partial charge is 0.497 e. The summed E-state index contributed by atoms with van der Waals surface area (Å²) in [4.78, 5) is 0. The average molecular weight is 336 g/mol. The Labute approximate surface area is 141 Å². The van der Waals surface area contributed by atoms with Gasteiger partial charge in [0.25, 0.3) is 0 Å². The van der Waals surface area contributed by atoms with Gasteiger partial charge in [-0.2, -0.15) is 0 Å². The maximum Gasteiger partial charge on any atom is 0.119 e. The summed E-state index contributed by atoms with van der Waals surface area (Å²) in [5.74, 6) is 1.23. The van der Waals surface area contributed by atoms with Gasteiger partial charge in [-0.05, 0) is 60.8 Å². The second-order valence-corrected chi connectivity index (χ2v) is 6.53. The summed E-state index contributed by atoms with van der Waals surface area (Å²) in [7, 11) is 3.72. The van der Waals surface area contributed by atoms with Gasteiger partial charge in [-0.3, -0.25) is 0 Å². The fourth-order valence-electron chi connectivity index (χ4n) is 3.25. The molecule has 2 unspecified atom stereocenters. The highest BCUT2D eigenvalue weighted by Crippen LogP contribution is 2.39. The fourth-order valence-corrected chi connectivity index (χ4v) is 3.56. The van der Waals surface area contributed by atoms with Crippen molar-refractivity contribution < 1.29 is 4.74 Å². The monoisotopic (exact) mass is 335 g/mol. The van der Waals surface area contributed by atoms with Crippen LogP contribution in [0.4, 0.5) is 0 Å². The van der Waals surface area contributed by atoms with Crippen LogP contribution in [0.25, 0.3) is 0 Å². The lowest BCUT2D eigenvalue weighted by Crippen LogP contribution is -2.34. The van der Waals surface area contributed by atoms with E-state index in [1.54, 1.807) is 7.11 Å². The maximum atomic E-state index is 6.21. The van der Waals surface area contributed by atoms with E-state index in [0.717, 1.165) is 18.6 Å². The van der Waals surface area contributed by atoms with Gasteiger partial charge >= 0.3 is 0 Å². The number of nitrogens with one attached hydrogen (secondary N) is 1. The first-order valence-electron chi connectivity index (χ1n) is 7.41. The van der Waals surface area contributed by atoms with Crippen molar-refractivity contribution in [2.24, 2.45) is 0 Å². The Balaban J connectivity index is 2.05. The molecule has 2 nitrogen and oxygen atoms in total. The lowest BCUT2D eigenvalue weighted by Gasteiger charge is -2.32. The maximum absolute atomic E-state index is 6.21. The van der Waals surface area contributed by atoms with Crippen LogP contribution in [0.2, 0.25) is 10.0 Å². The molecule has 0 fully saturated rings. The molecule has 1 aliphatic rings. The minimum atomic E-state index is 0.321. The molecule has 0 saturated carbocycles. The van der Waals surface area contributed by atoms with Crippen molar-refractivity contribution in [1.82, 2.24) is 5.32 Å². The molecule has 22 heavy (non-hydrogen) atoms. The number of hydrogen-bond donors (Lipinski definition) is 1. The highest BCUT2D eigenvalue weighted by Gasteiger charge is 2.28. The molecule has 0 amide bonds. The van der Waals surface area contributed by atoms with Gasteiger partial charge in [0, 0.05) is 12.0 Å². The van der Waals surface area contributed by atoms with Gasteiger partial charge in [0.1, 0.15) is 5.75 Å². The predicted octanol–water partition coefficient (Wildman–Crippen LogP) is 4.67. The summed E-state index contributed by atoms with van der Waals surface area (Å²) in [5, 5.41) is 4.62. The molecule has 116 valence electrons. The normalized spacial score (nSPS) is 20.5. The first kappa shape index (κ1) is 15.7. The summed E-state index contributed by atoms with van der Waals surface area (Å²) in [6, 6.07) is 12.7. The van der Waals surface area contributed by atoms with E-state index in [1.807, 2.05) is 25.2 Å². The standard InChI is InChI=1S/C18H19Cl2NO/c1-21-13-7-12-8-14(22-2)4-5-15(12)16(10-13)11-3-6-17(19)18(20)9-11/h3-6,8-9,13,16,21H,7,10H2,1-2H3. The van der Waals surface area contributed by atoms with Crippen LogP contribution >= 0.6 is 23.2 Å². The van der Waals surface area contributed by atoms with Crippen LogP contribution in [-0.4, -0.2) is 20.2 Å². The molecule has 2 atom stereocenters. The van der Waals surface area contributed by atoms with Crippen molar-refractivity contribution in [2.45, 2.75) is 24.8 Å². The molecular weight excluding hydrogens is 317 g/mol. The Kier molecular flexibility index (Phi) is 4.62. The molecule has 2 aromatic carbocycles. The number of benzene rings is 2. The third-order valence-electron chi connectivity index (χ3n) is 4.47. The van der Waals surface area contributed by atoms with Crippen molar-refractivity contribution in [1.29, 1.82) is 0 Å². The molecule has 0 saturated heterocycles. The van der Waals surface area contributed by atoms with E-state index in [0.29, 0.717) is 22.0 Å². The van der Waals surface area contributed by atoms with Gasteiger partial charge in [-0.1, -0.05) is 35.3 Å². The first-order valence-corrected chi connectivity index (χ1v) is 8.17. The summed E-state index contributed by atoms with van der Waals surface area (Å²) in [5.41, 5.74) is 3.90. The van der Waals surface area contributed by atoms with Crippen LogP contribution in [0.5, 0.6) is 5.75 Å². The van der Waals surface area contributed by atoms with Gasteiger partial charge in [-0.15, -0.1) is 0 Å². The molecule has 0 radical (unpaired) electrons. The number of hydrogen-bond acceptors (Lipinski definition) is 2. The number of methoxy groups -OCH3 is 1. The SMILES string of the molecule is CNC1Cc2cc(OC)ccc2C(c2ccc(Cl)c(Cl)c2)C1. The fraction of sp³-hybridized carbons (Fsp3) is 0.333. The summed E-state index contributed by atoms with van der Waals surface area (Å²) in [6.45, 7) is 0. The minimum Gasteiger partial charge on any atom is -0.497 e. The zero-order valence-corrected chi connectivity index (χ0v) is 14.2. The predicted molar refractivity (Wildman–Crippen MR) is 92.5 cm³/mol. The second kappa shape index (κ2) is 6.49. The van der Waals surface area contributed by atoms with Crippen LogP contribution in [-0.2, 0) is 6.42 Å². The Bertz CT molecular complexity index is 687. The minimum absolute atomic E-state index is 0.321.